The van der Waals surface area contributed by atoms with E-state index in [0.29, 0.717) is 13.1 Å². The second-order valence-corrected chi connectivity index (χ2v) is 13.3. The number of carbonyl (C=O) groups is 3. The number of benzene rings is 2. The first-order valence-corrected chi connectivity index (χ1v) is 15.6. The zero-order valence-corrected chi connectivity index (χ0v) is 25.2. The third-order valence-corrected chi connectivity index (χ3v) is 11.1. The molecular weight excluding hydrogens is 548 g/mol. The molecule has 0 aromatic heterocycles. The van der Waals surface area contributed by atoms with E-state index in [0.717, 1.165) is 30.2 Å². The van der Waals surface area contributed by atoms with Gasteiger partial charge in [0.05, 0.1) is 23.2 Å². The fraction of sp³-hybridized carbons (Fsp3) is 0.424. The topological polar surface area (TPSA) is 84.4 Å². The van der Waals surface area contributed by atoms with Crippen molar-refractivity contribution >= 4 is 46.5 Å². The first kappa shape index (κ1) is 28.6. The number of nitrogens with zero attached hydrogens (tertiary/aromatic N) is 4. The standard InChI is InChI=1S/C33H38N4O4S/c1-4-34(5-2)23-13-15-25(16-14-23)36-20-10-18-33-27(30(40)37(21-22-38)28(33)31(36)41)26-29(39)35(24-11-7-6-8-12-24)19-9-17-32(26,3)42-33/h6-18,26-28,38H,4-5,19-22H2,1-3H3/t26-,27-,28?,32+,33-/m0/s1. The van der Waals surface area contributed by atoms with Gasteiger partial charge >= 0.3 is 0 Å². The second-order valence-electron chi connectivity index (χ2n) is 11.5. The molecule has 1 spiro atoms. The van der Waals surface area contributed by atoms with E-state index in [1.54, 1.807) is 21.6 Å². The molecule has 8 nitrogen and oxygen atoms in total. The number of hydrogen-bond donors (Lipinski definition) is 1. The zero-order chi connectivity index (χ0) is 29.6. The van der Waals surface area contributed by atoms with Gasteiger partial charge in [0.1, 0.15) is 6.04 Å². The Bertz CT molecular complexity index is 1430. The molecule has 4 aliphatic heterocycles. The number of hydrogen-bond acceptors (Lipinski definition) is 6. The Balaban J connectivity index is 1.41. The number of aliphatic hydroxyl groups excluding tert-OH is 1. The van der Waals surface area contributed by atoms with Crippen LogP contribution in [0.5, 0.6) is 0 Å². The van der Waals surface area contributed by atoms with E-state index in [-0.39, 0.29) is 30.9 Å². The van der Waals surface area contributed by atoms with Crippen molar-refractivity contribution in [3.8, 4) is 0 Å². The summed E-state index contributed by atoms with van der Waals surface area (Å²) < 4.78 is -1.63. The van der Waals surface area contributed by atoms with Crippen molar-refractivity contribution in [2.24, 2.45) is 11.8 Å². The van der Waals surface area contributed by atoms with Crippen LogP contribution in [0.1, 0.15) is 20.8 Å². The van der Waals surface area contributed by atoms with Crippen LogP contribution in [0.3, 0.4) is 0 Å². The van der Waals surface area contributed by atoms with Gasteiger partial charge < -0.3 is 24.7 Å². The molecule has 0 saturated carbocycles. The highest BCUT2D eigenvalue weighted by molar-refractivity contribution is 8.02. The third kappa shape index (κ3) is 4.28. The Labute approximate surface area is 251 Å². The quantitative estimate of drug-likeness (QED) is 0.498. The van der Waals surface area contributed by atoms with Crippen LogP contribution in [0.15, 0.2) is 78.9 Å². The van der Waals surface area contributed by atoms with Gasteiger partial charge in [0.2, 0.25) is 11.8 Å². The van der Waals surface area contributed by atoms with Gasteiger partial charge in [0, 0.05) is 54.5 Å². The molecule has 0 radical (unpaired) electrons. The van der Waals surface area contributed by atoms with Crippen molar-refractivity contribution in [1.82, 2.24) is 4.90 Å². The summed E-state index contributed by atoms with van der Waals surface area (Å²) in [7, 11) is 0. The summed E-state index contributed by atoms with van der Waals surface area (Å²) in [4.78, 5) is 50.5. The van der Waals surface area contributed by atoms with E-state index in [1.807, 2.05) is 79.7 Å². The molecule has 42 heavy (non-hydrogen) atoms. The highest BCUT2D eigenvalue weighted by Crippen LogP contribution is 2.65. The minimum Gasteiger partial charge on any atom is -0.395 e. The van der Waals surface area contributed by atoms with E-state index in [4.69, 9.17) is 0 Å². The van der Waals surface area contributed by atoms with E-state index < -0.39 is 27.4 Å². The van der Waals surface area contributed by atoms with Gasteiger partial charge in [0.25, 0.3) is 5.91 Å². The largest absolute Gasteiger partial charge is 0.395 e. The number of fused-ring (bicyclic) bond motifs is 2. The molecule has 0 bridgehead atoms. The monoisotopic (exact) mass is 586 g/mol. The molecule has 9 heteroatoms. The lowest BCUT2D eigenvalue weighted by Gasteiger charge is -2.36. The van der Waals surface area contributed by atoms with Crippen LogP contribution in [0.4, 0.5) is 17.1 Å². The van der Waals surface area contributed by atoms with Crippen molar-refractivity contribution in [2.45, 2.75) is 36.3 Å². The molecule has 1 unspecified atom stereocenters. The van der Waals surface area contributed by atoms with Crippen LogP contribution < -0.4 is 14.7 Å². The number of amides is 3. The second kappa shape index (κ2) is 10.9. The number of anilines is 3. The van der Waals surface area contributed by atoms with Crippen molar-refractivity contribution in [3.63, 3.8) is 0 Å². The lowest BCUT2D eigenvalue weighted by molar-refractivity contribution is -0.139. The maximum atomic E-state index is 14.5. The van der Waals surface area contributed by atoms with Crippen LogP contribution in [0, 0.1) is 11.8 Å². The molecule has 4 heterocycles. The summed E-state index contributed by atoms with van der Waals surface area (Å²) in [5.41, 5.74) is 2.62. The predicted molar refractivity (Wildman–Crippen MR) is 168 cm³/mol. The van der Waals surface area contributed by atoms with Gasteiger partial charge in [-0.05, 0) is 57.2 Å². The van der Waals surface area contributed by atoms with E-state index in [9.17, 15) is 19.5 Å². The summed E-state index contributed by atoms with van der Waals surface area (Å²) >= 11 is 1.55. The summed E-state index contributed by atoms with van der Waals surface area (Å²) in [6.07, 6.45) is 8.05. The first-order chi connectivity index (χ1) is 20.3. The summed E-state index contributed by atoms with van der Waals surface area (Å²) in [5.74, 6) is -1.96. The highest BCUT2D eigenvalue weighted by Gasteiger charge is 2.74. The van der Waals surface area contributed by atoms with Crippen molar-refractivity contribution in [3.05, 3.63) is 78.9 Å². The van der Waals surface area contributed by atoms with Gasteiger partial charge in [-0.1, -0.05) is 42.5 Å². The molecule has 2 saturated heterocycles. The Morgan fingerprint density at radius 1 is 0.833 bits per heavy atom. The minimum absolute atomic E-state index is 0.0342. The van der Waals surface area contributed by atoms with Crippen LogP contribution in [0.2, 0.25) is 0 Å². The maximum absolute atomic E-state index is 14.5. The Hall–Kier alpha value is -3.56. The Kier molecular flexibility index (Phi) is 7.43. The van der Waals surface area contributed by atoms with Gasteiger partial charge in [-0.2, -0.15) is 0 Å². The smallest absolute Gasteiger partial charge is 0.251 e. The fourth-order valence-corrected chi connectivity index (χ4v) is 9.53. The number of carbonyl (C=O) groups excluding carboxylic acids is 3. The summed E-state index contributed by atoms with van der Waals surface area (Å²) in [5, 5.41) is 10.0. The number of β-amino-alcohol motifs (C(OH)–C–C–N with tert-alkyl or cyclic N) is 1. The average molecular weight is 587 g/mol. The van der Waals surface area contributed by atoms with Crippen LogP contribution in [-0.2, 0) is 14.4 Å². The fourth-order valence-electron chi connectivity index (χ4n) is 7.37. The molecular formula is C33H38N4O4S. The highest BCUT2D eigenvalue weighted by atomic mass is 32.2. The van der Waals surface area contributed by atoms with Crippen molar-refractivity contribution in [2.75, 3.05) is 54.0 Å². The number of thioether (sulfide) groups is 1. The molecule has 2 aromatic rings. The number of rotatable bonds is 7. The molecule has 220 valence electrons. The number of likely N-dealkylation sites (tertiary alicyclic amines) is 1. The van der Waals surface area contributed by atoms with Crippen molar-refractivity contribution < 1.29 is 19.5 Å². The maximum Gasteiger partial charge on any atom is 0.251 e. The molecule has 2 fully saturated rings. The van der Waals surface area contributed by atoms with Crippen molar-refractivity contribution in [1.29, 1.82) is 0 Å². The molecule has 4 aliphatic rings. The minimum atomic E-state index is -0.946. The van der Waals surface area contributed by atoms with Gasteiger partial charge in [0.15, 0.2) is 0 Å². The summed E-state index contributed by atoms with van der Waals surface area (Å²) in [6, 6.07) is 16.6. The van der Waals surface area contributed by atoms with E-state index >= 15 is 0 Å². The molecule has 1 N–H and O–H groups in total. The van der Waals surface area contributed by atoms with Gasteiger partial charge in [-0.15, -0.1) is 11.8 Å². The first-order valence-electron chi connectivity index (χ1n) is 14.8. The lowest BCUT2D eigenvalue weighted by Crippen LogP contribution is -2.54. The SMILES string of the molecule is CCN(CC)c1ccc(N2CC=C[C@]34S[C@]5(C)C=CCN(c6ccccc6)C(=O)[C@@H]5[C@H]3C(=O)N(CCO)C4C2=O)cc1. The van der Waals surface area contributed by atoms with E-state index in [2.05, 4.69) is 24.8 Å². The lowest BCUT2D eigenvalue weighted by atomic mass is 9.74. The number of aliphatic hydroxyl groups is 1. The summed E-state index contributed by atoms with van der Waals surface area (Å²) in [6.45, 7) is 8.56. The van der Waals surface area contributed by atoms with Crippen LogP contribution >= 0.6 is 11.8 Å². The average Bonchev–Trinajstić information content (AvgIpc) is 3.25. The van der Waals surface area contributed by atoms with Gasteiger partial charge in [-0.25, -0.2) is 0 Å². The van der Waals surface area contributed by atoms with Crippen LogP contribution in [0.25, 0.3) is 0 Å². The Morgan fingerprint density at radius 3 is 2.10 bits per heavy atom. The predicted octanol–water partition coefficient (Wildman–Crippen LogP) is 3.72. The molecule has 2 aromatic carbocycles. The molecule has 6 rings (SSSR count). The molecule has 5 atom stereocenters. The molecule has 0 aliphatic carbocycles. The van der Waals surface area contributed by atoms with Gasteiger partial charge in [-0.3, -0.25) is 14.4 Å². The molecule has 3 amide bonds. The Morgan fingerprint density at radius 2 is 1.45 bits per heavy atom. The number of para-hydroxylation sites is 1. The third-order valence-electron chi connectivity index (χ3n) is 9.26. The van der Waals surface area contributed by atoms with E-state index in [1.165, 1.54) is 4.90 Å². The normalized spacial score (nSPS) is 30.2. The zero-order valence-electron chi connectivity index (χ0n) is 24.3. The van der Waals surface area contributed by atoms with Crippen LogP contribution in [-0.4, -0.2) is 82.6 Å².